The molecule has 86 valence electrons. The normalized spacial score (nSPS) is 13.5. The smallest absolute Gasteiger partial charge is 0.0628 e. The lowest BCUT2D eigenvalue weighted by Gasteiger charge is -2.09. The first-order valence-corrected chi connectivity index (χ1v) is 5.73. The average molecular weight is 209 g/mol. The highest BCUT2D eigenvalue weighted by Gasteiger charge is 2.13. The zero-order chi connectivity index (χ0) is 11.6. The maximum Gasteiger partial charge on any atom is 0.0628 e. The van der Waals surface area contributed by atoms with E-state index in [1.54, 1.807) is 0 Å². The van der Waals surface area contributed by atoms with Crippen molar-refractivity contribution in [3.05, 3.63) is 17.0 Å². The summed E-state index contributed by atoms with van der Waals surface area (Å²) >= 11 is 0. The Kier molecular flexibility index (Phi) is 3.91. The zero-order valence-corrected chi connectivity index (χ0v) is 10.5. The Morgan fingerprint density at radius 2 is 1.87 bits per heavy atom. The van der Waals surface area contributed by atoms with Crippen molar-refractivity contribution in [3.8, 4) is 0 Å². The van der Waals surface area contributed by atoms with Crippen molar-refractivity contribution in [2.45, 2.75) is 59.5 Å². The topological polar surface area (TPSA) is 43.8 Å². The highest BCUT2D eigenvalue weighted by atomic mass is 15.3. The van der Waals surface area contributed by atoms with E-state index in [0.717, 1.165) is 18.5 Å². The van der Waals surface area contributed by atoms with Gasteiger partial charge in [-0.15, -0.1) is 0 Å². The molecule has 0 spiro atoms. The minimum absolute atomic E-state index is 0.270. The molecule has 0 fully saturated rings. The number of hydrogen-bond donors (Lipinski definition) is 1. The van der Waals surface area contributed by atoms with Gasteiger partial charge >= 0.3 is 0 Å². The number of rotatable bonds is 4. The minimum Gasteiger partial charge on any atom is -0.328 e. The van der Waals surface area contributed by atoms with Gasteiger partial charge in [0.25, 0.3) is 0 Å². The molecule has 1 rings (SSSR count). The second kappa shape index (κ2) is 4.79. The number of hydrogen-bond acceptors (Lipinski definition) is 2. The van der Waals surface area contributed by atoms with Crippen LogP contribution in [0, 0.1) is 13.8 Å². The molecular weight excluding hydrogens is 186 g/mol. The fourth-order valence-corrected chi connectivity index (χ4v) is 1.93. The van der Waals surface area contributed by atoms with E-state index in [2.05, 4.69) is 44.4 Å². The third-order valence-electron chi connectivity index (χ3n) is 2.81. The maximum absolute atomic E-state index is 5.78. The SMILES string of the molecule is Cc1nn(C(C)C)c(C)c1CC[C@@H](C)N. The number of aryl methyl sites for hydroxylation is 1. The van der Waals surface area contributed by atoms with E-state index in [1.165, 1.54) is 11.3 Å². The first-order valence-electron chi connectivity index (χ1n) is 5.73. The van der Waals surface area contributed by atoms with E-state index in [9.17, 15) is 0 Å². The molecule has 0 saturated carbocycles. The Bertz CT molecular complexity index is 324. The highest BCUT2D eigenvalue weighted by Crippen LogP contribution is 2.18. The van der Waals surface area contributed by atoms with Crippen molar-refractivity contribution in [2.75, 3.05) is 0 Å². The van der Waals surface area contributed by atoms with Crippen LogP contribution in [-0.4, -0.2) is 15.8 Å². The summed E-state index contributed by atoms with van der Waals surface area (Å²) in [5.41, 5.74) is 9.60. The van der Waals surface area contributed by atoms with Gasteiger partial charge in [0.1, 0.15) is 0 Å². The van der Waals surface area contributed by atoms with Gasteiger partial charge in [-0.25, -0.2) is 0 Å². The lowest BCUT2D eigenvalue weighted by atomic mass is 10.0. The van der Waals surface area contributed by atoms with Crippen LogP contribution in [-0.2, 0) is 6.42 Å². The molecule has 1 aromatic heterocycles. The molecule has 1 aromatic rings. The van der Waals surface area contributed by atoms with E-state index >= 15 is 0 Å². The fourth-order valence-electron chi connectivity index (χ4n) is 1.93. The van der Waals surface area contributed by atoms with Gasteiger partial charge < -0.3 is 5.73 Å². The number of aromatic nitrogens is 2. The summed E-state index contributed by atoms with van der Waals surface area (Å²) in [5.74, 6) is 0. The van der Waals surface area contributed by atoms with Crippen molar-refractivity contribution >= 4 is 0 Å². The summed E-state index contributed by atoms with van der Waals surface area (Å²) in [6, 6.07) is 0.707. The van der Waals surface area contributed by atoms with Crippen molar-refractivity contribution in [2.24, 2.45) is 5.73 Å². The average Bonchev–Trinajstić information content (AvgIpc) is 2.39. The minimum atomic E-state index is 0.270. The number of nitrogens with zero attached hydrogens (tertiary/aromatic N) is 2. The third kappa shape index (κ3) is 2.81. The van der Waals surface area contributed by atoms with E-state index in [1.807, 2.05) is 0 Å². The molecule has 3 heteroatoms. The standard InChI is InChI=1S/C12H23N3/c1-8(2)15-11(5)12(10(4)14-15)7-6-9(3)13/h8-9H,6-7,13H2,1-5H3/t9-/m1/s1. The van der Waals surface area contributed by atoms with Gasteiger partial charge in [-0.05, 0) is 53.0 Å². The van der Waals surface area contributed by atoms with Gasteiger partial charge in [-0.1, -0.05) is 0 Å². The fraction of sp³-hybridized carbons (Fsp3) is 0.750. The molecule has 0 aliphatic rings. The molecule has 0 radical (unpaired) electrons. The van der Waals surface area contributed by atoms with Crippen LogP contribution in [0.1, 0.15) is 50.2 Å². The molecule has 1 atom stereocenters. The van der Waals surface area contributed by atoms with Crippen molar-refractivity contribution in [1.29, 1.82) is 0 Å². The summed E-state index contributed by atoms with van der Waals surface area (Å²) in [6.07, 6.45) is 2.08. The molecule has 3 nitrogen and oxygen atoms in total. The largest absolute Gasteiger partial charge is 0.328 e. The monoisotopic (exact) mass is 209 g/mol. The third-order valence-corrected chi connectivity index (χ3v) is 2.81. The van der Waals surface area contributed by atoms with E-state index in [-0.39, 0.29) is 6.04 Å². The maximum atomic E-state index is 5.78. The lowest BCUT2D eigenvalue weighted by Crippen LogP contribution is -2.15. The summed E-state index contributed by atoms with van der Waals surface area (Å²) in [5, 5.41) is 4.56. The van der Waals surface area contributed by atoms with Crippen LogP contribution < -0.4 is 5.73 Å². The Hall–Kier alpha value is -0.830. The van der Waals surface area contributed by atoms with Crippen molar-refractivity contribution in [3.63, 3.8) is 0 Å². The molecule has 2 N–H and O–H groups in total. The van der Waals surface area contributed by atoms with Crippen LogP contribution in [0.2, 0.25) is 0 Å². The summed E-state index contributed by atoms with van der Waals surface area (Å²) < 4.78 is 2.10. The predicted octanol–water partition coefficient (Wildman–Crippen LogP) is 2.36. The van der Waals surface area contributed by atoms with Crippen LogP contribution >= 0.6 is 0 Å². The molecule has 0 bridgehead atoms. The Morgan fingerprint density at radius 3 is 2.27 bits per heavy atom. The highest BCUT2D eigenvalue weighted by molar-refractivity contribution is 5.25. The van der Waals surface area contributed by atoms with E-state index < -0.39 is 0 Å². The van der Waals surface area contributed by atoms with Crippen LogP contribution in [0.4, 0.5) is 0 Å². The van der Waals surface area contributed by atoms with Crippen LogP contribution in [0.3, 0.4) is 0 Å². The molecule has 0 unspecified atom stereocenters. The molecular formula is C12H23N3. The second-order valence-electron chi connectivity index (χ2n) is 4.70. The Balaban J connectivity index is 2.88. The van der Waals surface area contributed by atoms with Gasteiger partial charge in [0.05, 0.1) is 5.69 Å². The van der Waals surface area contributed by atoms with Gasteiger partial charge in [0.2, 0.25) is 0 Å². The van der Waals surface area contributed by atoms with Crippen LogP contribution in [0.25, 0.3) is 0 Å². The van der Waals surface area contributed by atoms with Crippen molar-refractivity contribution < 1.29 is 0 Å². The molecule has 1 heterocycles. The molecule has 0 saturated heterocycles. The van der Waals surface area contributed by atoms with E-state index in [4.69, 9.17) is 5.73 Å². The zero-order valence-electron chi connectivity index (χ0n) is 10.5. The molecule has 0 aliphatic heterocycles. The molecule has 0 aliphatic carbocycles. The Morgan fingerprint density at radius 1 is 1.27 bits per heavy atom. The van der Waals surface area contributed by atoms with Gasteiger partial charge in [-0.2, -0.15) is 5.10 Å². The number of nitrogens with two attached hydrogens (primary N) is 1. The van der Waals surface area contributed by atoms with Gasteiger partial charge in [-0.3, -0.25) is 4.68 Å². The van der Waals surface area contributed by atoms with E-state index in [0.29, 0.717) is 6.04 Å². The van der Waals surface area contributed by atoms with Gasteiger partial charge in [0.15, 0.2) is 0 Å². The first kappa shape index (κ1) is 12.2. The Labute approximate surface area is 92.7 Å². The van der Waals surface area contributed by atoms with Crippen LogP contribution in [0.15, 0.2) is 0 Å². The van der Waals surface area contributed by atoms with Crippen LogP contribution in [0.5, 0.6) is 0 Å². The molecule has 0 aromatic carbocycles. The molecule has 15 heavy (non-hydrogen) atoms. The summed E-state index contributed by atoms with van der Waals surface area (Å²) in [7, 11) is 0. The predicted molar refractivity (Wildman–Crippen MR) is 64.1 cm³/mol. The lowest BCUT2D eigenvalue weighted by molar-refractivity contribution is 0.515. The second-order valence-corrected chi connectivity index (χ2v) is 4.70. The quantitative estimate of drug-likeness (QED) is 0.827. The first-order chi connectivity index (χ1) is 6.93. The van der Waals surface area contributed by atoms with Crippen molar-refractivity contribution in [1.82, 2.24) is 9.78 Å². The molecule has 0 amide bonds. The summed E-state index contributed by atoms with van der Waals surface area (Å²) in [6.45, 7) is 10.6. The van der Waals surface area contributed by atoms with Gasteiger partial charge in [0, 0.05) is 17.8 Å². The summed E-state index contributed by atoms with van der Waals surface area (Å²) in [4.78, 5) is 0.